The van der Waals surface area contributed by atoms with Crippen molar-refractivity contribution in [2.45, 2.75) is 32.1 Å². The third-order valence-corrected chi connectivity index (χ3v) is 11.5. The average molecular weight is 681 g/mol. The van der Waals surface area contributed by atoms with Crippen LogP contribution in [0.2, 0.25) is 0 Å². The number of allylic oxidation sites excluding steroid dienone is 4. The first kappa shape index (κ1) is 31.4. The predicted octanol–water partition coefficient (Wildman–Crippen LogP) is 13.7. The quantitative estimate of drug-likeness (QED) is 0.170. The Kier molecular flexibility index (Phi) is 7.33. The van der Waals surface area contributed by atoms with Gasteiger partial charge in [-0.05, 0) is 100 Å². The molecule has 2 aliphatic rings. The molecule has 1 heterocycles. The molecular weight excluding hydrogens is 641 g/mol. The van der Waals surface area contributed by atoms with Crippen molar-refractivity contribution in [3.63, 3.8) is 0 Å². The van der Waals surface area contributed by atoms with Crippen LogP contribution >= 0.6 is 0 Å². The van der Waals surface area contributed by atoms with E-state index in [1.54, 1.807) is 0 Å². The predicted molar refractivity (Wildman–Crippen MR) is 224 cm³/mol. The summed E-state index contributed by atoms with van der Waals surface area (Å²) in [4.78, 5) is 2.50. The number of para-hydroxylation sites is 2. The van der Waals surface area contributed by atoms with Crippen LogP contribution in [0.4, 0.5) is 11.4 Å². The van der Waals surface area contributed by atoms with E-state index >= 15 is 0 Å². The van der Waals surface area contributed by atoms with Crippen molar-refractivity contribution in [3.8, 4) is 27.9 Å². The molecule has 0 amide bonds. The maximum atomic E-state index is 2.50. The van der Waals surface area contributed by atoms with Crippen LogP contribution in [-0.2, 0) is 5.41 Å². The van der Waals surface area contributed by atoms with Crippen LogP contribution in [0, 0.1) is 0 Å². The van der Waals surface area contributed by atoms with Gasteiger partial charge in [-0.2, -0.15) is 0 Å². The van der Waals surface area contributed by atoms with E-state index < -0.39 is 0 Å². The fourth-order valence-corrected chi connectivity index (χ4v) is 8.91. The van der Waals surface area contributed by atoms with E-state index in [1.165, 1.54) is 89.1 Å². The number of anilines is 2. The van der Waals surface area contributed by atoms with E-state index in [-0.39, 0.29) is 5.41 Å². The molecule has 1 aromatic heterocycles. The molecule has 0 spiro atoms. The Labute approximate surface area is 311 Å². The summed E-state index contributed by atoms with van der Waals surface area (Å²) in [5.74, 6) is 0. The number of benzene rings is 7. The van der Waals surface area contributed by atoms with Gasteiger partial charge in [0.25, 0.3) is 0 Å². The number of aromatic nitrogens is 1. The summed E-state index contributed by atoms with van der Waals surface area (Å²) < 4.78 is 2.48. The zero-order chi connectivity index (χ0) is 35.5. The van der Waals surface area contributed by atoms with E-state index in [0.29, 0.717) is 0 Å². The van der Waals surface area contributed by atoms with Crippen molar-refractivity contribution in [1.29, 1.82) is 0 Å². The molecular formula is C51H40N2. The van der Waals surface area contributed by atoms with Crippen molar-refractivity contribution in [1.82, 2.24) is 4.57 Å². The van der Waals surface area contributed by atoms with Gasteiger partial charge >= 0.3 is 0 Å². The molecule has 0 N–H and O–H groups in total. The molecule has 0 unspecified atom stereocenters. The largest absolute Gasteiger partial charge is 0.314 e. The molecule has 8 aromatic rings. The molecule has 2 heteroatoms. The van der Waals surface area contributed by atoms with E-state index in [9.17, 15) is 0 Å². The monoisotopic (exact) mass is 680 g/mol. The van der Waals surface area contributed by atoms with Gasteiger partial charge in [0.05, 0.1) is 16.7 Å². The topological polar surface area (TPSA) is 8.17 Å². The molecule has 2 aliphatic carbocycles. The number of hydrogen-bond donors (Lipinski definition) is 0. The highest BCUT2D eigenvalue weighted by Crippen LogP contribution is 2.53. The van der Waals surface area contributed by atoms with Crippen LogP contribution in [0.5, 0.6) is 0 Å². The fourth-order valence-electron chi connectivity index (χ4n) is 8.91. The van der Waals surface area contributed by atoms with Crippen LogP contribution in [0.25, 0.3) is 55.3 Å². The molecule has 10 rings (SSSR count). The lowest BCUT2D eigenvalue weighted by atomic mass is 9.82. The van der Waals surface area contributed by atoms with Crippen LogP contribution in [0.3, 0.4) is 0 Å². The van der Waals surface area contributed by atoms with E-state index in [4.69, 9.17) is 0 Å². The Hall–Kier alpha value is -6.38. The Morgan fingerprint density at radius 3 is 1.81 bits per heavy atom. The molecule has 53 heavy (non-hydrogen) atoms. The van der Waals surface area contributed by atoms with Gasteiger partial charge in [0.15, 0.2) is 0 Å². The van der Waals surface area contributed by atoms with Crippen molar-refractivity contribution in [2.24, 2.45) is 0 Å². The van der Waals surface area contributed by atoms with Crippen LogP contribution in [0.1, 0.15) is 43.4 Å². The van der Waals surface area contributed by atoms with Crippen molar-refractivity contribution in [3.05, 3.63) is 204 Å². The molecule has 0 bridgehead atoms. The van der Waals surface area contributed by atoms with Crippen LogP contribution < -0.4 is 4.90 Å². The molecule has 0 aliphatic heterocycles. The van der Waals surface area contributed by atoms with Gasteiger partial charge in [-0.15, -0.1) is 0 Å². The molecule has 7 aromatic carbocycles. The minimum Gasteiger partial charge on any atom is -0.314 e. The number of fused-ring (bicyclic) bond motifs is 6. The summed E-state index contributed by atoms with van der Waals surface area (Å²) in [6.45, 7) is 4.79. The summed E-state index contributed by atoms with van der Waals surface area (Å²) >= 11 is 0. The van der Waals surface area contributed by atoms with Crippen LogP contribution in [-0.4, -0.2) is 4.57 Å². The number of nitrogens with zero attached hydrogens (tertiary/aromatic N) is 2. The summed E-state index contributed by atoms with van der Waals surface area (Å²) in [7, 11) is 0. The molecule has 254 valence electrons. The molecule has 0 fully saturated rings. The molecule has 0 radical (unpaired) electrons. The van der Waals surface area contributed by atoms with Gasteiger partial charge in [-0.25, -0.2) is 0 Å². The summed E-state index contributed by atoms with van der Waals surface area (Å²) in [5.41, 5.74) is 17.7. The lowest BCUT2D eigenvalue weighted by Gasteiger charge is -2.31. The van der Waals surface area contributed by atoms with Crippen molar-refractivity contribution in [2.75, 3.05) is 4.90 Å². The number of hydrogen-bond acceptors (Lipinski definition) is 1. The smallest absolute Gasteiger partial charge is 0.0543 e. The maximum absolute atomic E-state index is 2.50. The third kappa shape index (κ3) is 5.09. The Bertz CT molecular complexity index is 2690. The van der Waals surface area contributed by atoms with Gasteiger partial charge in [0.1, 0.15) is 0 Å². The first-order chi connectivity index (χ1) is 26.1. The van der Waals surface area contributed by atoms with Gasteiger partial charge in [0.2, 0.25) is 0 Å². The second-order valence-corrected chi connectivity index (χ2v) is 14.9. The van der Waals surface area contributed by atoms with E-state index in [1.807, 2.05) is 0 Å². The minimum absolute atomic E-state index is 0.186. The van der Waals surface area contributed by atoms with Crippen LogP contribution in [0.15, 0.2) is 188 Å². The lowest BCUT2D eigenvalue weighted by Crippen LogP contribution is -2.20. The fraction of sp³-hybridized carbons (Fsp3) is 0.0980. The lowest BCUT2D eigenvalue weighted by molar-refractivity contribution is 0.660. The minimum atomic E-state index is -0.186. The highest BCUT2D eigenvalue weighted by Gasteiger charge is 2.38. The van der Waals surface area contributed by atoms with Gasteiger partial charge in [-0.1, -0.05) is 147 Å². The van der Waals surface area contributed by atoms with E-state index in [2.05, 4.69) is 205 Å². The van der Waals surface area contributed by atoms with E-state index in [0.717, 1.165) is 12.8 Å². The van der Waals surface area contributed by atoms with Crippen molar-refractivity contribution >= 4 is 38.8 Å². The Morgan fingerprint density at radius 2 is 1.11 bits per heavy atom. The summed E-state index contributed by atoms with van der Waals surface area (Å²) in [6, 6.07) is 62.3. The van der Waals surface area contributed by atoms with Gasteiger partial charge in [-0.3, -0.25) is 0 Å². The summed E-state index contributed by atoms with van der Waals surface area (Å²) in [6.07, 6.45) is 6.62. The summed E-state index contributed by atoms with van der Waals surface area (Å²) in [5, 5.41) is 2.57. The van der Waals surface area contributed by atoms with Gasteiger partial charge < -0.3 is 9.47 Å². The third-order valence-electron chi connectivity index (χ3n) is 11.5. The normalized spacial score (nSPS) is 14.5. The first-order valence-electron chi connectivity index (χ1n) is 18.7. The molecule has 2 nitrogen and oxygen atoms in total. The second-order valence-electron chi connectivity index (χ2n) is 14.9. The number of rotatable bonds is 6. The highest BCUT2D eigenvalue weighted by atomic mass is 15.1. The van der Waals surface area contributed by atoms with Crippen molar-refractivity contribution < 1.29 is 0 Å². The SMILES string of the molecule is CC1(C)c2cc(N(C3=CC=C(c4ccccc4)CC3)c3cccc(-c4ccccc4)c3)ccc2-c2c(-n3c4ccccc4c4ccccc43)cccc21. The highest BCUT2D eigenvalue weighted by molar-refractivity contribution is 6.10. The molecule has 0 saturated heterocycles. The first-order valence-corrected chi connectivity index (χ1v) is 18.7. The zero-order valence-electron chi connectivity index (χ0n) is 30.1. The molecule has 0 saturated carbocycles. The zero-order valence-corrected chi connectivity index (χ0v) is 30.1. The maximum Gasteiger partial charge on any atom is 0.0543 e. The molecule has 0 atom stereocenters. The second kappa shape index (κ2) is 12.4. The Balaban J connectivity index is 1.14. The standard InChI is InChI=1S/C51H40N2/c1-51(2)45-23-14-26-49(53-47-24-11-9-21-42(47)43-22-10-12-25-48(43)53)50(45)44-32-31-41(34-46(44)51)52(39-29-27-37(28-30-39)35-15-5-3-6-16-35)40-20-13-19-38(33-40)36-17-7-4-8-18-36/h3-27,29,31-34H,28,30H2,1-2H3. The average Bonchev–Trinajstić information content (AvgIpc) is 3.67. The Morgan fingerprint density at radius 1 is 0.491 bits per heavy atom. The van der Waals surface area contributed by atoms with Gasteiger partial charge in [0, 0.05) is 38.8 Å².